The zero-order valence-electron chi connectivity index (χ0n) is 19.8. The second-order valence-corrected chi connectivity index (χ2v) is 7.54. The molecule has 0 radical (unpaired) electrons. The molecule has 0 aliphatic carbocycles. The smallest absolute Gasteiger partial charge is 0.305 e. The minimum atomic E-state index is -0.165. The van der Waals surface area contributed by atoms with Crippen LogP contribution >= 0.6 is 0 Å². The average Bonchev–Trinajstić information content (AvgIpc) is 2.74. The normalized spacial score (nSPS) is 11.1. The van der Waals surface area contributed by atoms with Crippen LogP contribution in [0.25, 0.3) is 0 Å². The number of ether oxygens (including phenoxy) is 5. The molecule has 0 fully saturated rings. The molecule has 180 valence electrons. The number of unbranched alkanes of at least 4 members (excludes halogenated alkanes) is 9. The first kappa shape index (κ1) is 29.3. The van der Waals surface area contributed by atoms with Gasteiger partial charge in [-0.2, -0.15) is 0 Å². The maximum atomic E-state index is 11.1. The summed E-state index contributed by atoms with van der Waals surface area (Å²) in [7, 11) is 0. The maximum Gasteiger partial charge on any atom is 0.305 e. The first-order chi connectivity index (χ1) is 14.8. The predicted molar refractivity (Wildman–Crippen MR) is 121 cm³/mol. The molecule has 0 amide bonds. The fraction of sp³-hybridized carbons (Fsp3) is 0.958. The first-order valence-electron chi connectivity index (χ1n) is 12.3. The van der Waals surface area contributed by atoms with Gasteiger partial charge in [-0.05, 0) is 19.8 Å². The fourth-order valence-electron chi connectivity index (χ4n) is 3.01. The van der Waals surface area contributed by atoms with E-state index in [1.165, 1.54) is 57.8 Å². The zero-order chi connectivity index (χ0) is 22.0. The van der Waals surface area contributed by atoms with Crippen molar-refractivity contribution < 1.29 is 28.5 Å². The number of carbonyl (C=O) groups excluding carboxylic acids is 1. The number of esters is 1. The third kappa shape index (κ3) is 25.3. The van der Waals surface area contributed by atoms with Crippen LogP contribution in [-0.2, 0) is 28.5 Å². The van der Waals surface area contributed by atoms with E-state index in [0.717, 1.165) is 13.0 Å². The first-order valence-corrected chi connectivity index (χ1v) is 12.3. The highest BCUT2D eigenvalue weighted by atomic mass is 16.6. The summed E-state index contributed by atoms with van der Waals surface area (Å²) in [6.07, 6.45) is 14.6. The van der Waals surface area contributed by atoms with Gasteiger partial charge in [0.1, 0.15) is 0 Å². The highest BCUT2D eigenvalue weighted by molar-refractivity contribution is 5.69. The largest absolute Gasteiger partial charge is 0.466 e. The third-order valence-electron chi connectivity index (χ3n) is 4.73. The van der Waals surface area contributed by atoms with Gasteiger partial charge in [-0.1, -0.05) is 64.7 Å². The molecule has 0 saturated heterocycles. The lowest BCUT2D eigenvalue weighted by atomic mass is 10.1. The summed E-state index contributed by atoms with van der Waals surface area (Å²) in [5.74, 6) is -0.165. The Bertz CT molecular complexity index is 338. The zero-order valence-corrected chi connectivity index (χ0v) is 19.8. The van der Waals surface area contributed by atoms with Crippen molar-refractivity contribution in [3.8, 4) is 0 Å². The molecule has 0 saturated carbocycles. The molecule has 0 unspecified atom stereocenters. The van der Waals surface area contributed by atoms with Crippen molar-refractivity contribution in [3.63, 3.8) is 0 Å². The molecule has 0 aliphatic rings. The van der Waals surface area contributed by atoms with Crippen LogP contribution in [-0.4, -0.2) is 65.4 Å². The van der Waals surface area contributed by atoms with Gasteiger partial charge >= 0.3 is 5.97 Å². The van der Waals surface area contributed by atoms with Gasteiger partial charge < -0.3 is 23.7 Å². The van der Waals surface area contributed by atoms with Crippen LogP contribution in [0.2, 0.25) is 0 Å². The molecular formula is C24H48O6. The Morgan fingerprint density at radius 1 is 0.500 bits per heavy atom. The van der Waals surface area contributed by atoms with E-state index in [-0.39, 0.29) is 5.97 Å². The molecule has 0 rings (SSSR count). The van der Waals surface area contributed by atoms with E-state index in [4.69, 9.17) is 23.7 Å². The van der Waals surface area contributed by atoms with Crippen molar-refractivity contribution in [2.24, 2.45) is 0 Å². The van der Waals surface area contributed by atoms with E-state index in [0.29, 0.717) is 65.7 Å². The predicted octanol–water partition coefficient (Wildman–Crippen LogP) is 5.32. The molecule has 0 aliphatic heterocycles. The topological polar surface area (TPSA) is 63.2 Å². The summed E-state index contributed by atoms with van der Waals surface area (Å²) < 4.78 is 26.8. The van der Waals surface area contributed by atoms with Crippen molar-refractivity contribution in [1.29, 1.82) is 0 Å². The Balaban J connectivity index is 3.03. The van der Waals surface area contributed by atoms with E-state index < -0.39 is 0 Å². The lowest BCUT2D eigenvalue weighted by Crippen LogP contribution is -2.12. The van der Waals surface area contributed by atoms with Crippen molar-refractivity contribution >= 4 is 5.97 Å². The molecule has 0 heterocycles. The Kier molecular flexibility index (Phi) is 25.7. The van der Waals surface area contributed by atoms with E-state index in [1.54, 1.807) is 0 Å². The number of hydrogen-bond donors (Lipinski definition) is 0. The maximum absolute atomic E-state index is 11.1. The molecule has 0 aromatic rings. The molecular weight excluding hydrogens is 384 g/mol. The second-order valence-electron chi connectivity index (χ2n) is 7.54. The van der Waals surface area contributed by atoms with Crippen LogP contribution in [0.15, 0.2) is 0 Å². The van der Waals surface area contributed by atoms with E-state index in [1.807, 2.05) is 6.92 Å². The van der Waals surface area contributed by atoms with Gasteiger partial charge in [0.2, 0.25) is 0 Å². The third-order valence-corrected chi connectivity index (χ3v) is 4.73. The standard InChI is InChI=1S/C24H48O6/c1-3-5-6-7-8-9-10-11-12-13-16-26-18-20-28-22-23-29-21-19-27-17-14-15-24(25)30-4-2/h3-23H2,1-2H3. The Hall–Kier alpha value is -0.690. The molecule has 0 N–H and O–H groups in total. The molecule has 0 atom stereocenters. The van der Waals surface area contributed by atoms with Crippen molar-refractivity contribution in [3.05, 3.63) is 0 Å². The Morgan fingerprint density at radius 2 is 0.900 bits per heavy atom. The quantitative estimate of drug-likeness (QED) is 0.144. The van der Waals surface area contributed by atoms with Gasteiger partial charge in [-0.15, -0.1) is 0 Å². The molecule has 0 bridgehead atoms. The summed E-state index contributed by atoms with van der Waals surface area (Å²) in [5, 5.41) is 0. The van der Waals surface area contributed by atoms with E-state index in [9.17, 15) is 4.79 Å². The van der Waals surface area contributed by atoms with Gasteiger partial charge in [0.05, 0.1) is 46.2 Å². The second kappa shape index (κ2) is 26.3. The van der Waals surface area contributed by atoms with Crippen LogP contribution in [0.1, 0.15) is 90.9 Å². The molecule has 0 aromatic heterocycles. The van der Waals surface area contributed by atoms with Crippen LogP contribution in [0.4, 0.5) is 0 Å². The highest BCUT2D eigenvalue weighted by Gasteiger charge is 2.00. The van der Waals surface area contributed by atoms with Gasteiger partial charge in [0.25, 0.3) is 0 Å². The Labute approximate surface area is 185 Å². The minimum Gasteiger partial charge on any atom is -0.466 e. The van der Waals surface area contributed by atoms with Gasteiger partial charge in [-0.3, -0.25) is 4.79 Å². The van der Waals surface area contributed by atoms with Crippen LogP contribution < -0.4 is 0 Å². The summed E-state index contributed by atoms with van der Waals surface area (Å²) in [4.78, 5) is 11.1. The Morgan fingerprint density at radius 3 is 1.37 bits per heavy atom. The highest BCUT2D eigenvalue weighted by Crippen LogP contribution is 2.10. The molecule has 6 nitrogen and oxygen atoms in total. The monoisotopic (exact) mass is 432 g/mol. The number of hydrogen-bond acceptors (Lipinski definition) is 6. The molecule has 0 aromatic carbocycles. The van der Waals surface area contributed by atoms with Gasteiger partial charge in [-0.25, -0.2) is 0 Å². The van der Waals surface area contributed by atoms with Crippen molar-refractivity contribution in [1.82, 2.24) is 0 Å². The average molecular weight is 433 g/mol. The molecule has 6 heteroatoms. The van der Waals surface area contributed by atoms with Crippen molar-refractivity contribution in [2.45, 2.75) is 90.9 Å². The lowest BCUT2D eigenvalue weighted by molar-refractivity contribution is -0.143. The fourth-order valence-corrected chi connectivity index (χ4v) is 3.01. The van der Waals surface area contributed by atoms with E-state index >= 15 is 0 Å². The van der Waals surface area contributed by atoms with Gasteiger partial charge in [0.15, 0.2) is 0 Å². The minimum absolute atomic E-state index is 0.165. The lowest BCUT2D eigenvalue weighted by Gasteiger charge is -2.07. The molecule has 0 spiro atoms. The summed E-state index contributed by atoms with van der Waals surface area (Å²) in [6, 6.07) is 0. The van der Waals surface area contributed by atoms with Crippen LogP contribution in [0.3, 0.4) is 0 Å². The number of carbonyl (C=O) groups is 1. The summed E-state index contributed by atoms with van der Waals surface area (Å²) in [5.41, 5.74) is 0. The summed E-state index contributed by atoms with van der Waals surface area (Å²) >= 11 is 0. The van der Waals surface area contributed by atoms with Crippen LogP contribution in [0, 0.1) is 0 Å². The van der Waals surface area contributed by atoms with E-state index in [2.05, 4.69) is 6.92 Å². The van der Waals surface area contributed by atoms with Crippen LogP contribution in [0.5, 0.6) is 0 Å². The van der Waals surface area contributed by atoms with Crippen molar-refractivity contribution in [2.75, 3.05) is 59.5 Å². The SMILES string of the molecule is CCCCCCCCCCCCOCCOCCOCCOCCCC(=O)OCC. The van der Waals surface area contributed by atoms with Gasteiger partial charge in [0, 0.05) is 19.6 Å². The molecule has 30 heavy (non-hydrogen) atoms. The summed E-state index contributed by atoms with van der Waals surface area (Å²) in [6.45, 7) is 9.37. The number of rotatable bonds is 25.